The molecule has 0 aliphatic carbocycles. The summed E-state index contributed by atoms with van der Waals surface area (Å²) < 4.78 is 0. The van der Waals surface area contributed by atoms with Crippen LogP contribution in [0.5, 0.6) is 0 Å². The van der Waals surface area contributed by atoms with Crippen molar-refractivity contribution in [3.8, 4) is 0 Å². The highest BCUT2D eigenvalue weighted by Gasteiger charge is 2.15. The summed E-state index contributed by atoms with van der Waals surface area (Å²) >= 11 is 0. The third-order valence-electron chi connectivity index (χ3n) is 3.59. The van der Waals surface area contributed by atoms with Crippen molar-refractivity contribution < 1.29 is 4.79 Å². The Hall–Kier alpha value is -1.35. The Kier molecular flexibility index (Phi) is 6.03. The van der Waals surface area contributed by atoms with E-state index in [9.17, 15) is 4.79 Å². The van der Waals surface area contributed by atoms with Crippen LogP contribution >= 0.6 is 0 Å². The molecular formula is C16H26N2O. The number of benzene rings is 1. The Morgan fingerprint density at radius 2 is 1.79 bits per heavy atom. The van der Waals surface area contributed by atoms with Gasteiger partial charge in [-0.25, -0.2) is 0 Å². The van der Waals surface area contributed by atoms with Crippen LogP contribution in [-0.4, -0.2) is 19.5 Å². The number of rotatable bonds is 6. The monoisotopic (exact) mass is 262 g/mol. The van der Waals surface area contributed by atoms with Gasteiger partial charge in [0.2, 0.25) is 5.91 Å². The van der Waals surface area contributed by atoms with Crippen molar-refractivity contribution >= 4 is 5.91 Å². The second kappa shape index (κ2) is 7.29. The van der Waals surface area contributed by atoms with Gasteiger partial charge in [-0.05, 0) is 50.9 Å². The van der Waals surface area contributed by atoms with E-state index in [4.69, 9.17) is 0 Å². The summed E-state index contributed by atoms with van der Waals surface area (Å²) in [5.74, 6) is 0.187. The molecule has 0 saturated heterocycles. The molecule has 106 valence electrons. The number of aryl methyl sites for hydroxylation is 3. The zero-order chi connectivity index (χ0) is 14.4. The number of carbonyl (C=O) groups excluding carboxylic acids is 1. The summed E-state index contributed by atoms with van der Waals surface area (Å²) in [6, 6.07) is 4.33. The summed E-state index contributed by atoms with van der Waals surface area (Å²) in [4.78, 5) is 12.1. The van der Waals surface area contributed by atoms with Crippen LogP contribution in [0.2, 0.25) is 0 Å². The lowest BCUT2D eigenvalue weighted by molar-refractivity contribution is -0.125. The van der Waals surface area contributed by atoms with E-state index in [0.29, 0.717) is 6.54 Å². The molecule has 0 heterocycles. The van der Waals surface area contributed by atoms with Crippen LogP contribution in [0.4, 0.5) is 0 Å². The molecule has 0 aliphatic heterocycles. The van der Waals surface area contributed by atoms with Crippen molar-refractivity contribution in [2.75, 3.05) is 13.6 Å². The topological polar surface area (TPSA) is 41.1 Å². The Bertz CT molecular complexity index is 417. The Balaban J connectivity index is 2.69. The lowest BCUT2D eigenvalue weighted by Gasteiger charge is -2.16. The van der Waals surface area contributed by atoms with Gasteiger partial charge in [0.25, 0.3) is 0 Å². The summed E-state index contributed by atoms with van der Waals surface area (Å²) in [6.45, 7) is 9.70. The molecule has 1 atom stereocenters. The average Bonchev–Trinajstić information content (AvgIpc) is 2.34. The first-order valence-electron chi connectivity index (χ1n) is 6.98. The number of nitrogens with one attached hydrogen (secondary N) is 2. The molecule has 2 N–H and O–H groups in total. The molecule has 3 heteroatoms. The maximum absolute atomic E-state index is 12.1. The second-order valence-corrected chi connectivity index (χ2v) is 5.26. The highest BCUT2D eigenvalue weighted by molar-refractivity contribution is 5.78. The number of hydrogen-bond donors (Lipinski definition) is 2. The summed E-state index contributed by atoms with van der Waals surface area (Å²) in [7, 11) is 1.88. The molecule has 3 nitrogen and oxygen atoms in total. The van der Waals surface area contributed by atoms with Crippen LogP contribution in [0.1, 0.15) is 35.6 Å². The number of carbonyl (C=O) groups is 1. The van der Waals surface area contributed by atoms with Crippen LogP contribution in [0, 0.1) is 26.7 Å². The molecule has 0 radical (unpaired) electrons. The summed E-state index contributed by atoms with van der Waals surface area (Å²) in [5.41, 5.74) is 5.00. The predicted octanol–water partition coefficient (Wildman–Crippen LogP) is 2.47. The maximum atomic E-state index is 12.1. The van der Waals surface area contributed by atoms with Crippen molar-refractivity contribution in [2.45, 2.75) is 40.7 Å². The molecule has 0 bridgehead atoms. The van der Waals surface area contributed by atoms with E-state index in [1.165, 1.54) is 22.3 Å². The zero-order valence-electron chi connectivity index (χ0n) is 12.8. The maximum Gasteiger partial charge on any atom is 0.224 e. The molecule has 1 rings (SSSR count). The van der Waals surface area contributed by atoms with Gasteiger partial charge in [0, 0.05) is 13.1 Å². The predicted molar refractivity (Wildman–Crippen MR) is 80.2 cm³/mol. The Morgan fingerprint density at radius 1 is 1.21 bits per heavy atom. The van der Waals surface area contributed by atoms with Crippen LogP contribution in [-0.2, 0) is 11.3 Å². The smallest absolute Gasteiger partial charge is 0.224 e. The van der Waals surface area contributed by atoms with Crippen LogP contribution in [0.25, 0.3) is 0 Å². The first-order valence-corrected chi connectivity index (χ1v) is 6.98. The first kappa shape index (κ1) is 15.7. The van der Waals surface area contributed by atoms with Gasteiger partial charge < -0.3 is 10.6 Å². The van der Waals surface area contributed by atoms with E-state index in [1.807, 2.05) is 14.0 Å². The van der Waals surface area contributed by atoms with Gasteiger partial charge in [0.05, 0.1) is 5.92 Å². The van der Waals surface area contributed by atoms with Crippen molar-refractivity contribution in [1.82, 2.24) is 10.6 Å². The first-order chi connectivity index (χ1) is 8.99. The zero-order valence-corrected chi connectivity index (χ0v) is 12.8. The second-order valence-electron chi connectivity index (χ2n) is 5.26. The highest BCUT2D eigenvalue weighted by atomic mass is 16.1. The van der Waals surface area contributed by atoms with Crippen LogP contribution in [0.15, 0.2) is 12.1 Å². The third kappa shape index (κ3) is 4.35. The summed E-state index contributed by atoms with van der Waals surface area (Å²) in [6.07, 6.45) is 0.860. The molecule has 0 saturated carbocycles. The molecule has 0 fully saturated rings. The standard InChI is InChI=1S/C16H26N2O/c1-6-14(9-17-5)16(19)18-10-15-12(3)7-11(2)8-13(15)4/h7-8,14,17H,6,9-10H2,1-5H3,(H,18,19). The van der Waals surface area contributed by atoms with Crippen molar-refractivity contribution in [2.24, 2.45) is 5.92 Å². The molecular weight excluding hydrogens is 236 g/mol. The number of hydrogen-bond acceptors (Lipinski definition) is 2. The van der Waals surface area contributed by atoms with E-state index in [0.717, 1.165) is 13.0 Å². The minimum Gasteiger partial charge on any atom is -0.352 e. The van der Waals surface area contributed by atoms with Crippen molar-refractivity contribution in [3.63, 3.8) is 0 Å². The van der Waals surface area contributed by atoms with E-state index < -0.39 is 0 Å². The minimum atomic E-state index is 0.0519. The van der Waals surface area contributed by atoms with Gasteiger partial charge in [0.1, 0.15) is 0 Å². The average molecular weight is 262 g/mol. The van der Waals surface area contributed by atoms with Gasteiger partial charge >= 0.3 is 0 Å². The highest BCUT2D eigenvalue weighted by Crippen LogP contribution is 2.16. The Morgan fingerprint density at radius 3 is 2.26 bits per heavy atom. The van der Waals surface area contributed by atoms with E-state index in [1.54, 1.807) is 0 Å². The molecule has 1 aromatic rings. The van der Waals surface area contributed by atoms with Gasteiger partial charge in [0.15, 0.2) is 0 Å². The molecule has 1 unspecified atom stereocenters. The Labute approximate surface area is 116 Å². The normalized spacial score (nSPS) is 12.3. The van der Waals surface area contributed by atoms with Gasteiger partial charge in [-0.3, -0.25) is 4.79 Å². The van der Waals surface area contributed by atoms with E-state index in [2.05, 4.69) is 43.5 Å². The minimum absolute atomic E-state index is 0.0519. The molecule has 19 heavy (non-hydrogen) atoms. The fourth-order valence-corrected chi connectivity index (χ4v) is 2.48. The SMILES string of the molecule is CCC(CNC)C(=O)NCc1c(C)cc(C)cc1C. The number of amides is 1. The lowest BCUT2D eigenvalue weighted by atomic mass is 9.99. The molecule has 1 aromatic carbocycles. The largest absolute Gasteiger partial charge is 0.352 e. The van der Waals surface area contributed by atoms with E-state index >= 15 is 0 Å². The van der Waals surface area contributed by atoms with Gasteiger partial charge in [-0.15, -0.1) is 0 Å². The van der Waals surface area contributed by atoms with Crippen LogP contribution in [0.3, 0.4) is 0 Å². The molecule has 1 amide bonds. The molecule has 0 aromatic heterocycles. The summed E-state index contributed by atoms with van der Waals surface area (Å²) in [5, 5.41) is 6.12. The van der Waals surface area contributed by atoms with E-state index in [-0.39, 0.29) is 11.8 Å². The van der Waals surface area contributed by atoms with Crippen LogP contribution < -0.4 is 10.6 Å². The van der Waals surface area contributed by atoms with Crippen molar-refractivity contribution in [3.05, 3.63) is 34.4 Å². The van der Waals surface area contributed by atoms with Gasteiger partial charge in [-0.2, -0.15) is 0 Å². The molecule has 0 aliphatic rings. The molecule has 0 spiro atoms. The fraction of sp³-hybridized carbons (Fsp3) is 0.562. The fourth-order valence-electron chi connectivity index (χ4n) is 2.48. The quantitative estimate of drug-likeness (QED) is 0.827. The lowest BCUT2D eigenvalue weighted by Crippen LogP contribution is -2.35. The van der Waals surface area contributed by atoms with Gasteiger partial charge in [-0.1, -0.05) is 24.6 Å². The van der Waals surface area contributed by atoms with Crippen molar-refractivity contribution in [1.29, 1.82) is 0 Å². The third-order valence-corrected chi connectivity index (χ3v) is 3.59.